The number of likely N-dealkylation sites (tertiary alicyclic amines) is 1. The molecule has 0 radical (unpaired) electrons. The second-order valence-corrected chi connectivity index (χ2v) is 8.03. The third kappa shape index (κ3) is 5.23. The minimum absolute atomic E-state index is 0. The van der Waals surface area contributed by atoms with Gasteiger partial charge in [-0.1, -0.05) is 12.8 Å². The fourth-order valence-corrected chi connectivity index (χ4v) is 4.60. The fraction of sp³-hybridized carbons (Fsp3) is 0.947. The predicted molar refractivity (Wildman–Crippen MR) is 119 cm³/mol. The summed E-state index contributed by atoms with van der Waals surface area (Å²) in [5.41, 5.74) is 0.268. The van der Waals surface area contributed by atoms with Gasteiger partial charge < -0.3 is 19.9 Å². The van der Waals surface area contributed by atoms with E-state index < -0.39 is 0 Å². The van der Waals surface area contributed by atoms with Gasteiger partial charge in [-0.2, -0.15) is 0 Å². The van der Waals surface area contributed by atoms with Gasteiger partial charge in [0.15, 0.2) is 5.96 Å². The van der Waals surface area contributed by atoms with Crippen LogP contribution in [0, 0.1) is 0 Å². The number of halogens is 1. The largest absolute Gasteiger partial charge is 0.379 e. The zero-order valence-electron chi connectivity index (χ0n) is 16.9. The second-order valence-electron chi connectivity index (χ2n) is 8.03. The number of ether oxygens (including phenoxy) is 1. The molecule has 1 aliphatic carbocycles. The zero-order chi connectivity index (χ0) is 17.7. The minimum atomic E-state index is 0. The summed E-state index contributed by atoms with van der Waals surface area (Å²) >= 11 is 0. The standard InChI is InChI=1S/C19H37N5O.HI/c1-4-20-18(21-16-19(22(2)3)8-5-6-9-19)24-10-7-17(15-24)23-11-13-25-14-12-23;/h17H,4-16H2,1-3H3,(H,20,21);1H. The van der Waals surface area contributed by atoms with Crippen molar-refractivity contribution in [3.63, 3.8) is 0 Å². The van der Waals surface area contributed by atoms with Crippen molar-refractivity contribution in [1.29, 1.82) is 0 Å². The second kappa shape index (κ2) is 10.4. The van der Waals surface area contributed by atoms with E-state index in [1.807, 2.05) is 0 Å². The number of likely N-dealkylation sites (N-methyl/N-ethyl adjacent to an activating group) is 1. The molecule has 1 atom stereocenters. The summed E-state index contributed by atoms with van der Waals surface area (Å²) in [5.74, 6) is 1.12. The summed E-state index contributed by atoms with van der Waals surface area (Å²) in [4.78, 5) is 12.6. The van der Waals surface area contributed by atoms with Gasteiger partial charge in [0.1, 0.15) is 0 Å². The summed E-state index contributed by atoms with van der Waals surface area (Å²) in [6, 6.07) is 0.655. The Labute approximate surface area is 176 Å². The maximum absolute atomic E-state index is 5.51. The molecule has 152 valence electrons. The van der Waals surface area contributed by atoms with Crippen LogP contribution in [0.25, 0.3) is 0 Å². The lowest BCUT2D eigenvalue weighted by Crippen LogP contribution is -2.48. The van der Waals surface area contributed by atoms with Crippen molar-refractivity contribution in [1.82, 2.24) is 20.0 Å². The zero-order valence-corrected chi connectivity index (χ0v) is 19.2. The van der Waals surface area contributed by atoms with Gasteiger partial charge in [0.05, 0.1) is 19.8 Å². The molecule has 3 fully saturated rings. The molecule has 2 saturated heterocycles. The molecule has 0 aromatic carbocycles. The topological polar surface area (TPSA) is 43.3 Å². The van der Waals surface area contributed by atoms with E-state index in [0.29, 0.717) is 6.04 Å². The minimum Gasteiger partial charge on any atom is -0.379 e. The van der Waals surface area contributed by atoms with Crippen molar-refractivity contribution in [3.8, 4) is 0 Å². The summed E-state index contributed by atoms with van der Waals surface area (Å²) in [7, 11) is 4.44. The van der Waals surface area contributed by atoms with Crippen LogP contribution < -0.4 is 5.32 Å². The lowest BCUT2D eigenvalue weighted by atomic mass is 9.96. The average Bonchev–Trinajstić information content (AvgIpc) is 3.30. The molecular weight excluding hydrogens is 441 g/mol. The van der Waals surface area contributed by atoms with Crippen LogP contribution in [0.2, 0.25) is 0 Å². The van der Waals surface area contributed by atoms with Gasteiger partial charge in [-0.3, -0.25) is 9.89 Å². The Morgan fingerprint density at radius 3 is 2.50 bits per heavy atom. The van der Waals surface area contributed by atoms with Gasteiger partial charge in [0.2, 0.25) is 0 Å². The third-order valence-corrected chi connectivity index (χ3v) is 6.37. The molecule has 0 amide bonds. The van der Waals surface area contributed by atoms with Crippen molar-refractivity contribution < 1.29 is 4.74 Å². The van der Waals surface area contributed by atoms with Crippen molar-refractivity contribution in [2.24, 2.45) is 4.99 Å². The van der Waals surface area contributed by atoms with E-state index >= 15 is 0 Å². The first-order valence-corrected chi connectivity index (χ1v) is 10.2. The van der Waals surface area contributed by atoms with Crippen LogP contribution in [0.15, 0.2) is 4.99 Å². The van der Waals surface area contributed by atoms with E-state index in [9.17, 15) is 0 Å². The molecule has 26 heavy (non-hydrogen) atoms. The Kier molecular flexibility index (Phi) is 8.90. The van der Waals surface area contributed by atoms with Crippen LogP contribution in [0.5, 0.6) is 0 Å². The highest BCUT2D eigenvalue weighted by Crippen LogP contribution is 2.34. The van der Waals surface area contributed by atoms with Crippen molar-refractivity contribution in [2.75, 3.05) is 66.6 Å². The highest BCUT2D eigenvalue weighted by molar-refractivity contribution is 14.0. The van der Waals surface area contributed by atoms with Crippen LogP contribution in [-0.2, 0) is 4.74 Å². The highest BCUT2D eigenvalue weighted by atomic mass is 127. The molecule has 0 aromatic heterocycles. The first kappa shape index (κ1) is 22.2. The Balaban J connectivity index is 0.00000243. The van der Waals surface area contributed by atoms with Gasteiger partial charge in [-0.15, -0.1) is 24.0 Å². The van der Waals surface area contributed by atoms with Gasteiger partial charge >= 0.3 is 0 Å². The molecule has 0 spiro atoms. The first-order valence-electron chi connectivity index (χ1n) is 10.2. The van der Waals surface area contributed by atoms with Crippen LogP contribution in [0.1, 0.15) is 39.0 Å². The van der Waals surface area contributed by atoms with Crippen LogP contribution in [0.3, 0.4) is 0 Å². The summed E-state index contributed by atoms with van der Waals surface area (Å²) in [6.45, 7) is 10.2. The van der Waals surface area contributed by atoms with E-state index in [1.165, 1.54) is 32.1 Å². The number of nitrogens with one attached hydrogen (secondary N) is 1. The summed E-state index contributed by atoms with van der Waals surface area (Å²) in [6.07, 6.45) is 6.47. The van der Waals surface area contributed by atoms with Crippen molar-refractivity contribution in [3.05, 3.63) is 0 Å². The molecule has 2 heterocycles. The lowest BCUT2D eigenvalue weighted by Gasteiger charge is -2.35. The van der Waals surface area contributed by atoms with Crippen molar-refractivity contribution in [2.45, 2.75) is 50.6 Å². The number of rotatable bonds is 5. The number of aliphatic imine (C=N–C) groups is 1. The molecule has 2 aliphatic heterocycles. The van der Waals surface area contributed by atoms with E-state index in [1.54, 1.807) is 0 Å². The monoisotopic (exact) mass is 479 g/mol. The van der Waals surface area contributed by atoms with E-state index in [0.717, 1.165) is 58.4 Å². The summed E-state index contributed by atoms with van der Waals surface area (Å²) in [5, 5.41) is 3.54. The Morgan fingerprint density at radius 1 is 1.19 bits per heavy atom. The number of hydrogen-bond acceptors (Lipinski definition) is 4. The maximum atomic E-state index is 5.51. The van der Waals surface area contributed by atoms with E-state index in [-0.39, 0.29) is 29.5 Å². The fourth-order valence-electron chi connectivity index (χ4n) is 4.60. The smallest absolute Gasteiger partial charge is 0.194 e. The van der Waals surface area contributed by atoms with Gasteiger partial charge in [-0.25, -0.2) is 0 Å². The molecule has 1 unspecified atom stereocenters. The Morgan fingerprint density at radius 2 is 1.88 bits per heavy atom. The molecule has 3 aliphatic rings. The average molecular weight is 479 g/mol. The van der Waals surface area contributed by atoms with Crippen LogP contribution in [0.4, 0.5) is 0 Å². The van der Waals surface area contributed by atoms with E-state index in [4.69, 9.17) is 9.73 Å². The molecule has 1 saturated carbocycles. The number of morpholine rings is 1. The predicted octanol–water partition coefficient (Wildman–Crippen LogP) is 1.85. The highest BCUT2D eigenvalue weighted by Gasteiger charge is 2.36. The molecule has 0 aromatic rings. The Hall–Kier alpha value is -0.120. The molecular formula is C19H38IN5O. The lowest BCUT2D eigenvalue weighted by molar-refractivity contribution is 0.0194. The van der Waals surface area contributed by atoms with Crippen molar-refractivity contribution >= 4 is 29.9 Å². The number of hydrogen-bond donors (Lipinski definition) is 1. The number of guanidine groups is 1. The normalized spacial score (nSPS) is 27.0. The molecule has 0 bridgehead atoms. The number of nitrogens with zero attached hydrogens (tertiary/aromatic N) is 4. The molecule has 7 heteroatoms. The first-order chi connectivity index (χ1) is 12.1. The molecule has 3 rings (SSSR count). The van der Waals surface area contributed by atoms with Crippen LogP contribution >= 0.6 is 24.0 Å². The summed E-state index contributed by atoms with van der Waals surface area (Å²) < 4.78 is 5.51. The molecule has 6 nitrogen and oxygen atoms in total. The van der Waals surface area contributed by atoms with Crippen LogP contribution in [-0.4, -0.2) is 98.8 Å². The molecule has 1 N–H and O–H groups in total. The third-order valence-electron chi connectivity index (χ3n) is 6.37. The van der Waals surface area contributed by atoms with Gasteiger partial charge in [0, 0.05) is 44.3 Å². The maximum Gasteiger partial charge on any atom is 0.194 e. The SMILES string of the molecule is CCNC(=NCC1(N(C)C)CCCC1)N1CCC(N2CCOCC2)C1.I. The quantitative estimate of drug-likeness (QED) is 0.371. The van der Waals surface area contributed by atoms with E-state index in [2.05, 4.69) is 41.0 Å². The Bertz CT molecular complexity index is 447. The van der Waals surface area contributed by atoms with Gasteiger partial charge in [-0.05, 0) is 40.3 Å². The van der Waals surface area contributed by atoms with Gasteiger partial charge in [0.25, 0.3) is 0 Å².